The van der Waals surface area contributed by atoms with Crippen LogP contribution in [0.4, 0.5) is 11.6 Å². The predicted octanol–water partition coefficient (Wildman–Crippen LogP) is 5.39. The summed E-state index contributed by atoms with van der Waals surface area (Å²) in [7, 11) is 2.02. The number of rotatable bonds is 4. The van der Waals surface area contributed by atoms with Crippen LogP contribution in [0.25, 0.3) is 11.1 Å². The molecule has 0 atom stereocenters. The number of carbonyl (C=O) groups is 1. The van der Waals surface area contributed by atoms with Gasteiger partial charge in [-0.25, -0.2) is 15.0 Å². The number of amides is 1. The third-order valence-electron chi connectivity index (χ3n) is 6.79. The molecule has 180 valence electrons. The summed E-state index contributed by atoms with van der Waals surface area (Å²) in [5.41, 5.74) is 1.04. The van der Waals surface area contributed by atoms with Crippen LogP contribution >= 0.6 is 68.4 Å². The summed E-state index contributed by atoms with van der Waals surface area (Å²) in [6, 6.07) is 0. The van der Waals surface area contributed by atoms with Crippen LogP contribution in [0.3, 0.4) is 0 Å². The number of nitrogens with zero attached hydrogens (tertiary/aromatic N) is 6. The van der Waals surface area contributed by atoms with Gasteiger partial charge in [-0.3, -0.25) is 4.79 Å². The summed E-state index contributed by atoms with van der Waals surface area (Å²) in [5.74, 6) is 1.88. The van der Waals surface area contributed by atoms with E-state index in [1.165, 1.54) is 6.33 Å². The summed E-state index contributed by atoms with van der Waals surface area (Å²) >= 11 is 17.2. The molecule has 1 amide bonds. The molecule has 0 N–H and O–H groups in total. The highest BCUT2D eigenvalue weighted by Crippen LogP contribution is 2.44. The van der Waals surface area contributed by atoms with Gasteiger partial charge in [-0.2, -0.15) is 0 Å². The Hall–Kier alpha value is -1.12. The number of furan rings is 1. The molecule has 1 aliphatic heterocycles. The Morgan fingerprint density at radius 1 is 1.15 bits per heavy atom. The molecule has 4 heterocycles. The second kappa shape index (κ2) is 9.07. The van der Waals surface area contributed by atoms with Crippen LogP contribution < -0.4 is 9.80 Å². The molecule has 3 aromatic rings. The van der Waals surface area contributed by atoms with E-state index in [1.54, 1.807) is 0 Å². The lowest BCUT2D eigenvalue weighted by Gasteiger charge is -2.36. The first-order valence-corrected chi connectivity index (χ1v) is 13.8. The van der Waals surface area contributed by atoms with Gasteiger partial charge in [0.25, 0.3) is 5.91 Å². The van der Waals surface area contributed by atoms with E-state index < -0.39 is 0 Å². The van der Waals surface area contributed by atoms with Crippen molar-refractivity contribution in [2.75, 3.05) is 43.0 Å². The van der Waals surface area contributed by atoms with E-state index in [4.69, 9.17) is 27.6 Å². The predicted molar refractivity (Wildman–Crippen MR) is 150 cm³/mol. The number of piperazine rings is 1. The lowest BCUT2D eigenvalue weighted by molar-refractivity contribution is 0.0746. The van der Waals surface area contributed by atoms with Gasteiger partial charge in [0.1, 0.15) is 28.9 Å². The van der Waals surface area contributed by atoms with Crippen LogP contribution in [-0.2, 0) is 0 Å². The van der Waals surface area contributed by atoms with Gasteiger partial charge < -0.3 is 19.1 Å². The molecule has 0 spiro atoms. The molecule has 34 heavy (non-hydrogen) atoms. The minimum atomic E-state index is -0.0735. The van der Waals surface area contributed by atoms with Crippen LogP contribution in [-0.4, -0.2) is 64.5 Å². The maximum Gasteiger partial charge on any atom is 0.258 e. The van der Waals surface area contributed by atoms with Gasteiger partial charge >= 0.3 is 0 Å². The molecule has 1 saturated carbocycles. The molecule has 8 nitrogen and oxygen atoms in total. The van der Waals surface area contributed by atoms with Crippen molar-refractivity contribution in [1.29, 1.82) is 0 Å². The molecule has 1 aliphatic carbocycles. The Labute approximate surface area is 234 Å². The fraction of sp³-hybridized carbons (Fsp3) is 0.455. The Bertz CT molecular complexity index is 1300. The number of carbonyl (C=O) groups excluding carboxylic acids is 1. The highest BCUT2D eigenvalue weighted by Gasteiger charge is 2.43. The zero-order valence-corrected chi connectivity index (χ0v) is 24.7. The molecule has 1 saturated heterocycles. The fourth-order valence-corrected chi connectivity index (χ4v) is 5.91. The molecule has 0 bridgehead atoms. The first-order valence-electron chi connectivity index (χ1n) is 10.8. The smallest absolute Gasteiger partial charge is 0.258 e. The normalized spacial score (nSPS) is 17.4. The molecule has 2 aliphatic rings. The van der Waals surface area contributed by atoms with Crippen molar-refractivity contribution in [2.24, 2.45) is 0 Å². The van der Waals surface area contributed by atoms with Crippen molar-refractivity contribution >= 4 is 97.0 Å². The molecular weight excluding hydrogens is 705 g/mol. The number of pyridine rings is 1. The first kappa shape index (κ1) is 24.6. The summed E-state index contributed by atoms with van der Waals surface area (Å²) in [4.78, 5) is 33.1. The van der Waals surface area contributed by atoms with E-state index in [1.807, 2.05) is 18.9 Å². The topological polar surface area (TPSA) is 78.6 Å². The number of fused-ring (bicyclic) bond motifs is 1. The largest absolute Gasteiger partial charge is 0.442 e. The Morgan fingerprint density at radius 2 is 1.82 bits per heavy atom. The van der Waals surface area contributed by atoms with Gasteiger partial charge in [0.2, 0.25) is 5.71 Å². The van der Waals surface area contributed by atoms with Gasteiger partial charge in [0.05, 0.1) is 23.1 Å². The molecule has 2 fully saturated rings. The monoisotopic (exact) mass is 726 g/mol. The van der Waals surface area contributed by atoms with Crippen molar-refractivity contribution in [3.05, 3.63) is 35.0 Å². The highest BCUT2D eigenvalue weighted by molar-refractivity contribution is 14.1. The van der Waals surface area contributed by atoms with Crippen LogP contribution in [0.1, 0.15) is 35.9 Å². The minimum absolute atomic E-state index is 0.0525. The summed E-state index contributed by atoms with van der Waals surface area (Å²) in [6.07, 6.45) is 3.68. The van der Waals surface area contributed by atoms with Crippen molar-refractivity contribution in [1.82, 2.24) is 19.9 Å². The van der Waals surface area contributed by atoms with Crippen molar-refractivity contribution < 1.29 is 9.21 Å². The maximum absolute atomic E-state index is 13.7. The quantitative estimate of drug-likeness (QED) is 0.264. The third-order valence-corrected chi connectivity index (χ3v) is 11.2. The summed E-state index contributed by atoms with van der Waals surface area (Å²) in [6.45, 7) is 6.27. The molecule has 0 aromatic carbocycles. The Balaban J connectivity index is 1.42. The van der Waals surface area contributed by atoms with E-state index in [9.17, 15) is 4.79 Å². The standard InChI is InChI=1S/C22H22Cl2I2N6O2/c1-11-12(13-18(27-10-28-20(13)34-11)30(3)22(2)4-5-22)21(33)32-8-6-31(7-9-32)19-14(23)15(25)16(26)17(24)29-19/h10H,4-9H2,1-3H3. The minimum Gasteiger partial charge on any atom is -0.442 e. The molecule has 0 unspecified atom stereocenters. The lowest BCUT2D eigenvalue weighted by atomic mass is 10.1. The van der Waals surface area contributed by atoms with Gasteiger partial charge in [-0.05, 0) is 71.9 Å². The number of aromatic nitrogens is 3. The molecular formula is C22H22Cl2I2N6O2. The molecule has 0 radical (unpaired) electrons. The number of hydrogen-bond donors (Lipinski definition) is 0. The van der Waals surface area contributed by atoms with E-state index >= 15 is 0 Å². The summed E-state index contributed by atoms with van der Waals surface area (Å²) in [5, 5.41) is 1.71. The van der Waals surface area contributed by atoms with Crippen LogP contribution in [0.15, 0.2) is 10.7 Å². The van der Waals surface area contributed by atoms with Crippen molar-refractivity contribution in [2.45, 2.75) is 32.2 Å². The molecule has 3 aromatic heterocycles. The highest BCUT2D eigenvalue weighted by atomic mass is 127. The van der Waals surface area contributed by atoms with E-state index in [2.05, 4.69) is 76.9 Å². The second-order valence-electron chi connectivity index (χ2n) is 8.91. The summed E-state index contributed by atoms with van der Waals surface area (Å²) < 4.78 is 7.62. The van der Waals surface area contributed by atoms with Crippen LogP contribution in [0, 0.1) is 14.1 Å². The van der Waals surface area contributed by atoms with Gasteiger partial charge in [-0.15, -0.1) is 0 Å². The van der Waals surface area contributed by atoms with Crippen molar-refractivity contribution in [3.8, 4) is 0 Å². The zero-order valence-electron chi connectivity index (χ0n) is 18.8. The fourth-order valence-electron chi connectivity index (χ4n) is 4.28. The van der Waals surface area contributed by atoms with E-state index in [0.717, 1.165) is 25.8 Å². The number of aryl methyl sites for hydroxylation is 1. The number of hydrogen-bond acceptors (Lipinski definition) is 7. The van der Waals surface area contributed by atoms with Gasteiger partial charge in [0.15, 0.2) is 0 Å². The number of anilines is 2. The van der Waals surface area contributed by atoms with Crippen LogP contribution in [0.5, 0.6) is 0 Å². The third kappa shape index (κ3) is 4.11. The average molecular weight is 727 g/mol. The number of halogens is 4. The molecule has 12 heteroatoms. The van der Waals surface area contributed by atoms with Crippen molar-refractivity contribution in [3.63, 3.8) is 0 Å². The van der Waals surface area contributed by atoms with Gasteiger partial charge in [0, 0.05) is 38.8 Å². The maximum atomic E-state index is 13.7. The first-order chi connectivity index (χ1) is 16.1. The second-order valence-corrected chi connectivity index (χ2v) is 11.8. The Kier molecular flexibility index (Phi) is 6.56. The van der Waals surface area contributed by atoms with Gasteiger partial charge in [-0.1, -0.05) is 23.2 Å². The molecule has 5 rings (SSSR count). The van der Waals surface area contributed by atoms with E-state index in [0.29, 0.717) is 64.6 Å². The lowest BCUT2D eigenvalue weighted by Crippen LogP contribution is -2.49. The van der Waals surface area contributed by atoms with Crippen LogP contribution in [0.2, 0.25) is 10.2 Å². The zero-order chi connectivity index (χ0) is 24.4. The average Bonchev–Trinajstić information content (AvgIpc) is 3.49. The SMILES string of the molecule is Cc1oc2ncnc(N(C)C3(C)CC3)c2c1C(=O)N1CCN(c2nc(Cl)c(I)c(I)c2Cl)CC1. The van der Waals surface area contributed by atoms with E-state index in [-0.39, 0.29) is 11.4 Å². The Morgan fingerprint density at radius 3 is 2.47 bits per heavy atom.